The number of amides is 2. The minimum Gasteiger partial charge on any atom is -0.396 e. The number of carbonyl (C=O) groups excluding carboxylic acids is 3. The first-order valence-electron chi connectivity index (χ1n) is 8.69. The smallest absolute Gasteiger partial charge is 0.339 e. The maximum atomic E-state index is 12.9. The molecule has 2 N–H and O–H groups in total. The summed E-state index contributed by atoms with van der Waals surface area (Å²) in [5, 5.41) is 20.2. The van der Waals surface area contributed by atoms with E-state index in [1.54, 1.807) is 6.92 Å². The Labute approximate surface area is 149 Å². The van der Waals surface area contributed by atoms with Crippen molar-refractivity contribution in [1.29, 1.82) is 0 Å². The molecule has 7 nitrogen and oxygen atoms in total. The molecule has 25 heavy (non-hydrogen) atoms. The van der Waals surface area contributed by atoms with E-state index in [-0.39, 0.29) is 26.1 Å². The lowest BCUT2D eigenvalue weighted by Gasteiger charge is -2.51. The number of carbonyl (C=O) groups is 3. The third kappa shape index (κ3) is 3.72. The number of rotatable bonds is 8. The maximum absolute atomic E-state index is 12.9. The molecule has 0 aliphatic carbocycles. The predicted molar refractivity (Wildman–Crippen MR) is 90.8 cm³/mol. The summed E-state index contributed by atoms with van der Waals surface area (Å²) in [5.74, 6) is -2.14. The van der Waals surface area contributed by atoms with Gasteiger partial charge in [0.2, 0.25) is 0 Å². The van der Waals surface area contributed by atoms with E-state index >= 15 is 0 Å². The van der Waals surface area contributed by atoms with Gasteiger partial charge in [-0.2, -0.15) is 0 Å². The van der Waals surface area contributed by atoms with Crippen molar-refractivity contribution in [2.45, 2.75) is 60.8 Å². The van der Waals surface area contributed by atoms with Gasteiger partial charge in [-0.15, -0.1) is 5.06 Å². The standard InChI is InChI=1S/C18H31NO6/c1-7-18(6,15(24)25-19-13(22)8-9-14(19)23)17(4,5)12(10-20)16(2,3)11-21/h12,20-21H,7-11H2,1-6H3/t12-,18?/m0/s1. The fourth-order valence-electron chi connectivity index (χ4n) is 3.65. The summed E-state index contributed by atoms with van der Waals surface area (Å²) in [6, 6.07) is 0. The number of hydroxylamine groups is 2. The number of hydrogen-bond acceptors (Lipinski definition) is 6. The lowest BCUT2D eigenvalue weighted by molar-refractivity contribution is -0.214. The Morgan fingerprint density at radius 2 is 1.60 bits per heavy atom. The van der Waals surface area contributed by atoms with Crippen LogP contribution in [0.2, 0.25) is 0 Å². The Balaban J connectivity index is 3.19. The van der Waals surface area contributed by atoms with Crippen molar-refractivity contribution < 1.29 is 29.4 Å². The molecule has 144 valence electrons. The molecule has 0 bridgehead atoms. The monoisotopic (exact) mass is 357 g/mol. The van der Waals surface area contributed by atoms with Crippen LogP contribution in [-0.4, -0.2) is 46.3 Å². The molecule has 0 aromatic carbocycles. The Bertz CT molecular complexity index is 526. The number of nitrogens with zero attached hydrogens (tertiary/aromatic N) is 1. The molecule has 1 aliphatic rings. The van der Waals surface area contributed by atoms with Gasteiger partial charge in [0.05, 0.1) is 5.41 Å². The van der Waals surface area contributed by atoms with Gasteiger partial charge in [0.1, 0.15) is 0 Å². The molecule has 0 aromatic heterocycles. The topological polar surface area (TPSA) is 104 Å². The van der Waals surface area contributed by atoms with Gasteiger partial charge in [0.25, 0.3) is 11.8 Å². The predicted octanol–water partition coefficient (Wildman–Crippen LogP) is 1.66. The second-order valence-electron chi connectivity index (χ2n) is 8.25. The molecule has 0 radical (unpaired) electrons. The van der Waals surface area contributed by atoms with Gasteiger partial charge in [0.15, 0.2) is 0 Å². The maximum Gasteiger partial charge on any atom is 0.339 e. The highest BCUT2D eigenvalue weighted by molar-refractivity contribution is 6.01. The van der Waals surface area contributed by atoms with E-state index in [4.69, 9.17) is 4.84 Å². The van der Waals surface area contributed by atoms with Crippen molar-refractivity contribution in [2.24, 2.45) is 22.2 Å². The van der Waals surface area contributed by atoms with Crippen molar-refractivity contribution in [3.05, 3.63) is 0 Å². The van der Waals surface area contributed by atoms with E-state index < -0.39 is 39.9 Å². The molecule has 0 saturated carbocycles. The van der Waals surface area contributed by atoms with E-state index in [1.807, 2.05) is 34.6 Å². The van der Waals surface area contributed by atoms with Crippen molar-refractivity contribution >= 4 is 17.8 Å². The Morgan fingerprint density at radius 3 is 1.96 bits per heavy atom. The van der Waals surface area contributed by atoms with Crippen LogP contribution in [-0.2, 0) is 19.2 Å². The highest BCUT2D eigenvalue weighted by Crippen LogP contribution is 2.53. The van der Waals surface area contributed by atoms with E-state index in [0.717, 1.165) is 0 Å². The largest absolute Gasteiger partial charge is 0.396 e. The molecule has 1 unspecified atom stereocenters. The molecule has 2 atom stereocenters. The molecular formula is C18H31NO6. The summed E-state index contributed by atoms with van der Waals surface area (Å²) in [6.45, 7) is 10.5. The Kier molecular flexibility index (Phi) is 6.40. The van der Waals surface area contributed by atoms with Crippen LogP contribution in [0.3, 0.4) is 0 Å². The first-order valence-corrected chi connectivity index (χ1v) is 8.69. The molecule has 0 spiro atoms. The van der Waals surface area contributed by atoms with Gasteiger partial charge in [-0.05, 0) is 30.1 Å². The molecule has 0 aromatic rings. The molecule has 7 heteroatoms. The summed E-state index contributed by atoms with van der Waals surface area (Å²) in [5.41, 5.74) is -2.48. The highest BCUT2D eigenvalue weighted by Gasteiger charge is 2.55. The van der Waals surface area contributed by atoms with Crippen LogP contribution in [0.15, 0.2) is 0 Å². The normalized spacial score (nSPS) is 19.8. The highest BCUT2D eigenvalue weighted by atomic mass is 16.7. The van der Waals surface area contributed by atoms with Crippen molar-refractivity contribution in [1.82, 2.24) is 5.06 Å². The van der Waals surface area contributed by atoms with E-state index in [2.05, 4.69) is 0 Å². The second kappa shape index (κ2) is 7.41. The number of aliphatic hydroxyl groups excluding tert-OH is 2. The SMILES string of the molecule is CCC(C)(C(=O)ON1C(=O)CCC1=O)C(C)(C)[C@@H](CO)C(C)(C)CO. The van der Waals surface area contributed by atoms with Gasteiger partial charge in [-0.25, -0.2) is 4.79 Å². The lowest BCUT2D eigenvalue weighted by atomic mass is 9.53. The lowest BCUT2D eigenvalue weighted by Crippen LogP contribution is -2.54. The zero-order valence-corrected chi connectivity index (χ0v) is 16.1. The Hall–Kier alpha value is -1.47. The van der Waals surface area contributed by atoms with Crippen LogP contribution in [0.5, 0.6) is 0 Å². The zero-order chi connectivity index (χ0) is 19.6. The summed E-state index contributed by atoms with van der Waals surface area (Å²) in [7, 11) is 0. The number of hydrogen-bond donors (Lipinski definition) is 2. The van der Waals surface area contributed by atoms with Crippen LogP contribution in [0.4, 0.5) is 0 Å². The van der Waals surface area contributed by atoms with Crippen LogP contribution < -0.4 is 0 Å². The fraction of sp³-hybridized carbons (Fsp3) is 0.833. The van der Waals surface area contributed by atoms with Gasteiger partial charge in [-0.1, -0.05) is 34.6 Å². The zero-order valence-electron chi connectivity index (χ0n) is 16.1. The fourth-order valence-corrected chi connectivity index (χ4v) is 3.65. The number of aliphatic hydroxyl groups is 2. The first-order chi connectivity index (χ1) is 11.4. The minimum absolute atomic E-state index is 0.0369. The average molecular weight is 357 g/mol. The quantitative estimate of drug-likeness (QED) is 0.640. The molecule has 1 rings (SSSR count). The van der Waals surface area contributed by atoms with Crippen molar-refractivity contribution in [3.63, 3.8) is 0 Å². The van der Waals surface area contributed by atoms with E-state index in [1.165, 1.54) is 0 Å². The first kappa shape index (κ1) is 21.6. The van der Waals surface area contributed by atoms with Gasteiger partial charge >= 0.3 is 5.97 Å². The number of imide groups is 1. The van der Waals surface area contributed by atoms with Gasteiger partial charge < -0.3 is 15.1 Å². The van der Waals surface area contributed by atoms with Crippen LogP contribution >= 0.6 is 0 Å². The van der Waals surface area contributed by atoms with Crippen LogP contribution in [0.1, 0.15) is 60.8 Å². The molecule has 1 fully saturated rings. The van der Waals surface area contributed by atoms with Gasteiger partial charge in [0, 0.05) is 26.1 Å². The third-order valence-corrected chi connectivity index (χ3v) is 6.16. The summed E-state index contributed by atoms with van der Waals surface area (Å²) in [6.07, 6.45) is 0.456. The summed E-state index contributed by atoms with van der Waals surface area (Å²) < 4.78 is 0. The third-order valence-electron chi connectivity index (χ3n) is 6.16. The summed E-state index contributed by atoms with van der Waals surface area (Å²) in [4.78, 5) is 41.6. The average Bonchev–Trinajstić information content (AvgIpc) is 2.85. The van der Waals surface area contributed by atoms with Crippen LogP contribution in [0.25, 0.3) is 0 Å². The molecule has 1 saturated heterocycles. The van der Waals surface area contributed by atoms with Crippen molar-refractivity contribution in [2.75, 3.05) is 13.2 Å². The van der Waals surface area contributed by atoms with E-state index in [9.17, 15) is 24.6 Å². The van der Waals surface area contributed by atoms with E-state index in [0.29, 0.717) is 11.5 Å². The molecule has 2 amide bonds. The minimum atomic E-state index is -1.07. The van der Waals surface area contributed by atoms with Gasteiger partial charge in [-0.3, -0.25) is 9.59 Å². The molecular weight excluding hydrogens is 326 g/mol. The molecule has 1 aliphatic heterocycles. The van der Waals surface area contributed by atoms with Crippen LogP contribution in [0, 0.1) is 22.2 Å². The van der Waals surface area contributed by atoms with Crippen molar-refractivity contribution in [3.8, 4) is 0 Å². The Morgan fingerprint density at radius 1 is 1.12 bits per heavy atom. The molecule has 1 heterocycles. The second-order valence-corrected chi connectivity index (χ2v) is 8.25. The summed E-state index contributed by atoms with van der Waals surface area (Å²) >= 11 is 0.